The molecule has 0 bridgehead atoms. The Hall–Kier alpha value is -2.14. The third-order valence-corrected chi connectivity index (χ3v) is 6.28. The van der Waals surface area contributed by atoms with Crippen LogP contribution >= 0.6 is 11.3 Å². The zero-order valence-electron chi connectivity index (χ0n) is 13.2. The van der Waals surface area contributed by atoms with Crippen molar-refractivity contribution in [2.45, 2.75) is 38.1 Å². The molecule has 2 atom stereocenters. The Balaban J connectivity index is 1.51. The van der Waals surface area contributed by atoms with Crippen LogP contribution in [0.4, 0.5) is 0 Å². The molecule has 2 N–H and O–H groups in total. The van der Waals surface area contributed by atoms with Crippen molar-refractivity contribution in [3.05, 3.63) is 46.3 Å². The van der Waals surface area contributed by atoms with Crippen LogP contribution in [0.15, 0.2) is 30.3 Å². The molecule has 2 aliphatic carbocycles. The summed E-state index contributed by atoms with van der Waals surface area (Å²) in [5, 5.41) is 12.1. The normalized spacial score (nSPS) is 21.8. The van der Waals surface area contributed by atoms with Gasteiger partial charge in [0.15, 0.2) is 0 Å². The van der Waals surface area contributed by atoms with Gasteiger partial charge in [0, 0.05) is 10.9 Å². The van der Waals surface area contributed by atoms with Gasteiger partial charge in [-0.3, -0.25) is 9.59 Å². The molecule has 2 aliphatic rings. The minimum atomic E-state index is -0.755. The van der Waals surface area contributed by atoms with Gasteiger partial charge in [0.2, 0.25) is 0 Å². The van der Waals surface area contributed by atoms with E-state index in [1.165, 1.54) is 21.6 Å². The lowest BCUT2D eigenvalue weighted by molar-refractivity contribution is -0.141. The molecule has 2 aromatic rings. The summed E-state index contributed by atoms with van der Waals surface area (Å²) in [4.78, 5) is 25.5. The van der Waals surface area contributed by atoms with Crippen LogP contribution in [0.1, 0.15) is 40.1 Å². The molecule has 0 spiro atoms. The number of hydrogen-bond acceptors (Lipinski definition) is 3. The van der Waals surface area contributed by atoms with Crippen LogP contribution in [0.25, 0.3) is 10.4 Å². The van der Waals surface area contributed by atoms with E-state index in [0.717, 1.165) is 24.1 Å². The predicted octanol–water partition coefficient (Wildman–Crippen LogP) is 3.50. The molecular weight excluding hydrogens is 322 g/mol. The molecule has 124 valence electrons. The molecule has 4 rings (SSSR count). The summed E-state index contributed by atoms with van der Waals surface area (Å²) >= 11 is 1.55. The van der Waals surface area contributed by atoms with Gasteiger partial charge in [-0.05, 0) is 54.9 Å². The summed E-state index contributed by atoms with van der Waals surface area (Å²) in [6.45, 7) is 0. The van der Waals surface area contributed by atoms with Crippen molar-refractivity contribution < 1.29 is 14.7 Å². The van der Waals surface area contributed by atoms with Crippen LogP contribution in [-0.4, -0.2) is 23.0 Å². The summed E-state index contributed by atoms with van der Waals surface area (Å²) in [5.41, 5.74) is 3.84. The third kappa shape index (κ3) is 2.73. The average molecular weight is 341 g/mol. The van der Waals surface area contributed by atoms with Gasteiger partial charge in [-0.25, -0.2) is 0 Å². The van der Waals surface area contributed by atoms with Crippen molar-refractivity contribution in [2.75, 3.05) is 0 Å². The molecule has 1 amide bonds. The number of aliphatic carboxylic acids is 1. The van der Waals surface area contributed by atoms with Crippen molar-refractivity contribution in [1.82, 2.24) is 5.32 Å². The molecule has 1 saturated carbocycles. The summed E-state index contributed by atoms with van der Waals surface area (Å²) in [7, 11) is 0. The van der Waals surface area contributed by atoms with E-state index < -0.39 is 5.97 Å². The van der Waals surface area contributed by atoms with Crippen LogP contribution in [0.5, 0.6) is 0 Å². The first-order valence-electron chi connectivity index (χ1n) is 8.36. The quantitative estimate of drug-likeness (QED) is 0.898. The highest BCUT2D eigenvalue weighted by Crippen LogP contribution is 2.39. The van der Waals surface area contributed by atoms with Crippen molar-refractivity contribution in [3.63, 3.8) is 0 Å². The monoisotopic (exact) mass is 341 g/mol. The summed E-state index contributed by atoms with van der Waals surface area (Å²) in [6.07, 6.45) is 3.92. The highest BCUT2D eigenvalue weighted by atomic mass is 32.1. The van der Waals surface area contributed by atoms with Gasteiger partial charge < -0.3 is 10.4 Å². The lowest BCUT2D eigenvalue weighted by Crippen LogP contribution is -2.32. The number of carboxylic acid groups (broad SMARTS) is 1. The van der Waals surface area contributed by atoms with Gasteiger partial charge in [-0.2, -0.15) is 0 Å². The molecule has 0 saturated heterocycles. The Labute approximate surface area is 144 Å². The molecule has 1 heterocycles. The molecule has 0 aliphatic heterocycles. The Kier molecular flexibility index (Phi) is 3.88. The van der Waals surface area contributed by atoms with E-state index in [1.54, 1.807) is 11.3 Å². The van der Waals surface area contributed by atoms with E-state index >= 15 is 0 Å². The van der Waals surface area contributed by atoms with E-state index in [-0.39, 0.29) is 17.9 Å². The van der Waals surface area contributed by atoms with Crippen molar-refractivity contribution in [1.29, 1.82) is 0 Å². The van der Waals surface area contributed by atoms with E-state index in [9.17, 15) is 9.59 Å². The number of carboxylic acids is 1. The van der Waals surface area contributed by atoms with Gasteiger partial charge in [0.25, 0.3) is 5.91 Å². The van der Waals surface area contributed by atoms with E-state index in [0.29, 0.717) is 12.8 Å². The lowest BCUT2D eigenvalue weighted by atomic mass is 9.91. The van der Waals surface area contributed by atoms with Crippen LogP contribution in [-0.2, 0) is 17.6 Å². The second-order valence-electron chi connectivity index (χ2n) is 6.64. The number of carbonyl (C=O) groups excluding carboxylic acids is 1. The Morgan fingerprint density at radius 1 is 1.12 bits per heavy atom. The van der Waals surface area contributed by atoms with Gasteiger partial charge >= 0.3 is 5.97 Å². The fourth-order valence-electron chi connectivity index (χ4n) is 3.78. The fourth-order valence-corrected chi connectivity index (χ4v) is 4.95. The maximum absolute atomic E-state index is 12.6. The number of hydrogen-bond donors (Lipinski definition) is 2. The van der Waals surface area contributed by atoms with Crippen molar-refractivity contribution >= 4 is 23.2 Å². The second-order valence-corrected chi connectivity index (χ2v) is 7.69. The zero-order chi connectivity index (χ0) is 16.7. The van der Waals surface area contributed by atoms with Gasteiger partial charge in [-0.1, -0.05) is 24.3 Å². The molecular formula is C19H19NO3S. The largest absolute Gasteiger partial charge is 0.481 e. The summed E-state index contributed by atoms with van der Waals surface area (Å²) in [5.74, 6) is -1.14. The summed E-state index contributed by atoms with van der Waals surface area (Å²) in [6, 6.07) is 10.4. The Bertz CT molecular complexity index is 811. The second kappa shape index (κ2) is 6.06. The first-order valence-corrected chi connectivity index (χ1v) is 9.18. The minimum absolute atomic E-state index is 0.0231. The van der Waals surface area contributed by atoms with Crippen molar-refractivity contribution in [3.8, 4) is 10.4 Å². The number of benzene rings is 1. The van der Waals surface area contributed by atoms with Gasteiger partial charge in [-0.15, -0.1) is 11.3 Å². The SMILES string of the molecule is O=C(N[C@H]1CC[C@@H](C(=O)O)C1)c1cc2c(s1)-c1ccccc1CC2. The first kappa shape index (κ1) is 15.4. The van der Waals surface area contributed by atoms with Gasteiger partial charge in [0.1, 0.15) is 0 Å². The fraction of sp³-hybridized carbons (Fsp3) is 0.368. The molecule has 24 heavy (non-hydrogen) atoms. The number of aryl methyl sites for hydroxylation is 2. The van der Waals surface area contributed by atoms with Crippen LogP contribution < -0.4 is 5.32 Å². The average Bonchev–Trinajstić information content (AvgIpc) is 3.21. The Morgan fingerprint density at radius 3 is 2.71 bits per heavy atom. The third-order valence-electron chi connectivity index (χ3n) is 5.08. The van der Waals surface area contributed by atoms with Crippen molar-refractivity contribution in [2.24, 2.45) is 5.92 Å². The number of thiophene rings is 1. The molecule has 0 unspecified atom stereocenters. The summed E-state index contributed by atoms with van der Waals surface area (Å²) < 4.78 is 0. The molecule has 5 heteroatoms. The lowest BCUT2D eigenvalue weighted by Gasteiger charge is -2.15. The Morgan fingerprint density at radius 2 is 1.92 bits per heavy atom. The maximum Gasteiger partial charge on any atom is 0.306 e. The van der Waals surface area contributed by atoms with Crippen LogP contribution in [0.3, 0.4) is 0 Å². The molecule has 1 aromatic heterocycles. The number of nitrogens with one attached hydrogen (secondary N) is 1. The smallest absolute Gasteiger partial charge is 0.306 e. The van der Waals surface area contributed by atoms with Crippen LogP contribution in [0, 0.1) is 5.92 Å². The first-order chi connectivity index (χ1) is 11.6. The molecule has 4 nitrogen and oxygen atoms in total. The number of rotatable bonds is 3. The topological polar surface area (TPSA) is 66.4 Å². The van der Waals surface area contributed by atoms with Crippen LogP contribution in [0.2, 0.25) is 0 Å². The highest BCUT2D eigenvalue weighted by Gasteiger charge is 2.31. The predicted molar refractivity (Wildman–Crippen MR) is 93.4 cm³/mol. The van der Waals surface area contributed by atoms with E-state index in [1.807, 2.05) is 12.1 Å². The number of amides is 1. The standard InChI is InChI=1S/C19H19NO3S/c21-18(20-14-8-7-13(9-14)19(22)23)16-10-12-6-5-11-3-1-2-4-15(11)17(12)24-16/h1-4,10,13-14H,5-9H2,(H,20,21)(H,22,23)/t13-,14+/m1/s1. The number of carbonyl (C=O) groups is 2. The maximum atomic E-state index is 12.6. The minimum Gasteiger partial charge on any atom is -0.481 e. The van der Waals surface area contributed by atoms with E-state index in [4.69, 9.17) is 5.11 Å². The zero-order valence-corrected chi connectivity index (χ0v) is 14.1. The highest BCUT2D eigenvalue weighted by molar-refractivity contribution is 7.17. The van der Waals surface area contributed by atoms with Gasteiger partial charge in [0.05, 0.1) is 10.8 Å². The molecule has 1 fully saturated rings. The number of fused-ring (bicyclic) bond motifs is 3. The molecule has 1 aromatic carbocycles. The van der Waals surface area contributed by atoms with E-state index in [2.05, 4.69) is 23.5 Å². The molecule has 0 radical (unpaired) electrons.